The average Bonchev–Trinajstić information content (AvgIpc) is 3.22. The summed E-state index contributed by atoms with van der Waals surface area (Å²) in [5, 5.41) is 10.4. The summed E-state index contributed by atoms with van der Waals surface area (Å²) in [6, 6.07) is 9.46. The molecule has 1 saturated heterocycles. The Kier molecular flexibility index (Phi) is 5.32. The van der Waals surface area contributed by atoms with E-state index in [2.05, 4.69) is 41.4 Å². The van der Waals surface area contributed by atoms with Gasteiger partial charge in [0.05, 0.1) is 17.1 Å². The number of nitrogens with one attached hydrogen (secondary N) is 2. The Morgan fingerprint density at radius 3 is 2.69 bits per heavy atom. The highest BCUT2D eigenvalue weighted by molar-refractivity contribution is 5.91. The maximum atomic E-state index is 12.4. The van der Waals surface area contributed by atoms with Gasteiger partial charge in [-0.15, -0.1) is 0 Å². The highest BCUT2D eigenvalue weighted by atomic mass is 16.2. The lowest BCUT2D eigenvalue weighted by Gasteiger charge is -2.31. The summed E-state index contributed by atoms with van der Waals surface area (Å²) in [5.74, 6) is 0.504. The van der Waals surface area contributed by atoms with Crippen molar-refractivity contribution in [3.05, 3.63) is 42.2 Å². The molecule has 2 heterocycles. The van der Waals surface area contributed by atoms with E-state index in [1.165, 1.54) is 0 Å². The van der Waals surface area contributed by atoms with E-state index in [1.807, 2.05) is 43.5 Å². The van der Waals surface area contributed by atoms with Crippen LogP contribution in [0.1, 0.15) is 32.9 Å². The number of hydrogen-bond donors (Lipinski definition) is 2. The second kappa shape index (κ2) is 7.50. The first-order chi connectivity index (χ1) is 12.3. The van der Waals surface area contributed by atoms with Crippen LogP contribution in [0.2, 0.25) is 0 Å². The summed E-state index contributed by atoms with van der Waals surface area (Å²) in [7, 11) is 0. The van der Waals surface area contributed by atoms with Crippen LogP contribution in [0.5, 0.6) is 0 Å². The molecule has 1 aliphatic heterocycles. The maximum Gasteiger partial charge on any atom is 0.319 e. The van der Waals surface area contributed by atoms with Crippen molar-refractivity contribution in [2.45, 2.75) is 39.7 Å². The Labute approximate surface area is 155 Å². The lowest BCUT2D eigenvalue weighted by molar-refractivity contribution is 0.168. The van der Waals surface area contributed by atoms with Crippen molar-refractivity contribution in [2.24, 2.45) is 5.92 Å². The molecule has 6 heteroatoms. The molecule has 0 bridgehead atoms. The number of rotatable bonds is 4. The number of aryl methyl sites for hydroxylation is 1. The van der Waals surface area contributed by atoms with Crippen LogP contribution < -0.4 is 10.6 Å². The van der Waals surface area contributed by atoms with Crippen molar-refractivity contribution in [2.75, 3.05) is 25.0 Å². The normalized spacial score (nSPS) is 18.1. The highest BCUT2D eigenvalue weighted by Gasteiger charge is 2.30. The standard InChI is InChI=1S/C20H29N5O/c1-15-9-12-25(23-15)18-8-6-5-7-17(18)22-19(26)21-13-16-10-11-24(14-16)20(2,3)4/h5-9,12,16H,10-11,13-14H2,1-4H3,(H2,21,22,26). The molecule has 0 radical (unpaired) electrons. The molecule has 2 N–H and O–H groups in total. The van der Waals surface area contributed by atoms with Gasteiger partial charge in [0.25, 0.3) is 0 Å². The van der Waals surface area contributed by atoms with Gasteiger partial charge in [0.1, 0.15) is 0 Å². The number of carbonyl (C=O) groups excluding carboxylic acids is 1. The van der Waals surface area contributed by atoms with Gasteiger partial charge in [-0.1, -0.05) is 12.1 Å². The zero-order valence-corrected chi connectivity index (χ0v) is 16.1. The van der Waals surface area contributed by atoms with Crippen LogP contribution >= 0.6 is 0 Å². The Bertz CT molecular complexity index is 762. The molecule has 0 aliphatic carbocycles. The average molecular weight is 355 g/mol. The summed E-state index contributed by atoms with van der Waals surface area (Å²) < 4.78 is 1.78. The van der Waals surface area contributed by atoms with Gasteiger partial charge < -0.3 is 10.6 Å². The minimum absolute atomic E-state index is 0.171. The van der Waals surface area contributed by atoms with Crippen LogP contribution in [0, 0.1) is 12.8 Å². The summed E-state index contributed by atoms with van der Waals surface area (Å²) in [6.45, 7) is 11.5. The summed E-state index contributed by atoms with van der Waals surface area (Å²) in [4.78, 5) is 14.8. The molecule has 2 aromatic rings. The number of anilines is 1. The molecule has 26 heavy (non-hydrogen) atoms. The van der Waals surface area contributed by atoms with Crippen molar-refractivity contribution in [1.29, 1.82) is 0 Å². The monoisotopic (exact) mass is 355 g/mol. The van der Waals surface area contributed by atoms with E-state index in [0.29, 0.717) is 12.5 Å². The minimum atomic E-state index is -0.171. The van der Waals surface area contributed by atoms with Crippen molar-refractivity contribution in [3.8, 4) is 5.69 Å². The van der Waals surface area contributed by atoms with Crippen LogP contribution in [0.3, 0.4) is 0 Å². The van der Waals surface area contributed by atoms with Crippen molar-refractivity contribution in [1.82, 2.24) is 20.0 Å². The predicted molar refractivity (Wildman–Crippen MR) is 105 cm³/mol. The zero-order valence-electron chi connectivity index (χ0n) is 16.1. The van der Waals surface area contributed by atoms with Crippen molar-refractivity contribution < 1.29 is 4.79 Å². The van der Waals surface area contributed by atoms with Crippen molar-refractivity contribution >= 4 is 11.7 Å². The van der Waals surface area contributed by atoms with E-state index in [4.69, 9.17) is 0 Å². The molecule has 1 aliphatic rings. The second-order valence-electron chi connectivity index (χ2n) is 8.03. The first kappa shape index (κ1) is 18.5. The number of carbonyl (C=O) groups is 1. The van der Waals surface area contributed by atoms with Gasteiger partial charge in [0, 0.05) is 24.8 Å². The highest BCUT2D eigenvalue weighted by Crippen LogP contribution is 2.24. The maximum absolute atomic E-state index is 12.4. The molecular weight excluding hydrogens is 326 g/mol. The summed E-state index contributed by atoms with van der Waals surface area (Å²) >= 11 is 0. The molecule has 2 amide bonds. The Morgan fingerprint density at radius 2 is 2.04 bits per heavy atom. The Balaban J connectivity index is 1.56. The summed E-state index contributed by atoms with van der Waals surface area (Å²) in [6.07, 6.45) is 3.02. The molecule has 6 nitrogen and oxygen atoms in total. The third-order valence-corrected chi connectivity index (χ3v) is 4.91. The number of aromatic nitrogens is 2. The van der Waals surface area contributed by atoms with Crippen LogP contribution in [0.4, 0.5) is 10.5 Å². The molecule has 1 atom stereocenters. The fraction of sp³-hybridized carbons (Fsp3) is 0.500. The molecule has 1 unspecified atom stereocenters. The molecule has 1 fully saturated rings. The number of urea groups is 1. The molecule has 0 spiro atoms. The smallest absolute Gasteiger partial charge is 0.319 e. The van der Waals surface area contributed by atoms with Crippen LogP contribution in [0.25, 0.3) is 5.69 Å². The lowest BCUT2D eigenvalue weighted by Crippen LogP contribution is -2.40. The van der Waals surface area contributed by atoms with Gasteiger partial charge in [0.15, 0.2) is 0 Å². The van der Waals surface area contributed by atoms with Crippen LogP contribution in [-0.2, 0) is 0 Å². The van der Waals surface area contributed by atoms with Gasteiger partial charge >= 0.3 is 6.03 Å². The Morgan fingerprint density at radius 1 is 1.27 bits per heavy atom. The largest absolute Gasteiger partial charge is 0.338 e. The third-order valence-electron chi connectivity index (χ3n) is 4.91. The fourth-order valence-electron chi connectivity index (χ4n) is 3.34. The van der Waals surface area contributed by atoms with Crippen LogP contribution in [-0.4, -0.2) is 45.9 Å². The molecule has 0 saturated carbocycles. The SMILES string of the molecule is Cc1ccn(-c2ccccc2NC(=O)NCC2CCN(C(C)(C)C)C2)n1. The van der Waals surface area contributed by atoms with Gasteiger partial charge in [-0.05, 0) is 64.8 Å². The van der Waals surface area contributed by atoms with Gasteiger partial charge in [0.2, 0.25) is 0 Å². The number of benzene rings is 1. The first-order valence-corrected chi connectivity index (χ1v) is 9.24. The number of likely N-dealkylation sites (tertiary alicyclic amines) is 1. The molecular formula is C20H29N5O. The number of para-hydroxylation sites is 2. The van der Waals surface area contributed by atoms with E-state index in [9.17, 15) is 4.79 Å². The van der Waals surface area contributed by atoms with E-state index in [0.717, 1.165) is 36.6 Å². The van der Waals surface area contributed by atoms with Crippen LogP contribution in [0.15, 0.2) is 36.5 Å². The molecule has 1 aromatic heterocycles. The number of amides is 2. The predicted octanol–water partition coefficient (Wildman–Crippen LogP) is 3.42. The minimum Gasteiger partial charge on any atom is -0.338 e. The lowest BCUT2D eigenvalue weighted by atomic mass is 10.1. The molecule has 1 aromatic carbocycles. The second-order valence-corrected chi connectivity index (χ2v) is 8.03. The number of hydrogen-bond acceptors (Lipinski definition) is 3. The van der Waals surface area contributed by atoms with E-state index >= 15 is 0 Å². The molecule has 3 rings (SSSR count). The fourth-order valence-corrected chi connectivity index (χ4v) is 3.34. The van der Waals surface area contributed by atoms with Gasteiger partial charge in [-0.3, -0.25) is 4.90 Å². The van der Waals surface area contributed by atoms with Gasteiger partial charge in [-0.25, -0.2) is 9.48 Å². The first-order valence-electron chi connectivity index (χ1n) is 9.24. The summed E-state index contributed by atoms with van der Waals surface area (Å²) in [5.41, 5.74) is 2.73. The third kappa shape index (κ3) is 4.43. The van der Waals surface area contributed by atoms with E-state index in [-0.39, 0.29) is 11.6 Å². The van der Waals surface area contributed by atoms with E-state index < -0.39 is 0 Å². The van der Waals surface area contributed by atoms with Crippen molar-refractivity contribution in [3.63, 3.8) is 0 Å². The van der Waals surface area contributed by atoms with E-state index in [1.54, 1.807) is 4.68 Å². The quantitative estimate of drug-likeness (QED) is 0.883. The zero-order chi connectivity index (χ0) is 18.7. The number of nitrogens with zero attached hydrogens (tertiary/aromatic N) is 3. The van der Waals surface area contributed by atoms with Gasteiger partial charge in [-0.2, -0.15) is 5.10 Å². The molecule has 140 valence electrons. The topological polar surface area (TPSA) is 62.2 Å². The Hall–Kier alpha value is -2.34.